The lowest BCUT2D eigenvalue weighted by atomic mass is 9.79. The molecule has 0 spiro atoms. The van der Waals surface area contributed by atoms with E-state index in [1.54, 1.807) is 4.90 Å². The van der Waals surface area contributed by atoms with Crippen molar-refractivity contribution in [3.05, 3.63) is 59.7 Å². The molecular weight excluding hydrogens is 444 g/mol. The summed E-state index contributed by atoms with van der Waals surface area (Å²) < 4.78 is 5.65. The van der Waals surface area contributed by atoms with E-state index in [0.717, 1.165) is 11.1 Å². The van der Waals surface area contributed by atoms with Crippen LogP contribution in [0.4, 0.5) is 4.79 Å². The van der Waals surface area contributed by atoms with Crippen LogP contribution in [0.2, 0.25) is 0 Å². The van der Waals surface area contributed by atoms with Gasteiger partial charge in [-0.3, -0.25) is 9.59 Å². The molecule has 7 nitrogen and oxygen atoms in total. The van der Waals surface area contributed by atoms with E-state index in [9.17, 15) is 14.4 Å². The number of amides is 2. The highest BCUT2D eigenvalue weighted by molar-refractivity contribution is 5.84. The Balaban J connectivity index is 1.32. The van der Waals surface area contributed by atoms with E-state index in [0.29, 0.717) is 32.4 Å². The first-order valence-corrected chi connectivity index (χ1v) is 12.5. The molecule has 0 bridgehead atoms. The molecule has 1 fully saturated rings. The van der Waals surface area contributed by atoms with Crippen molar-refractivity contribution >= 4 is 18.0 Å². The number of fused-ring (bicyclic) bond motifs is 3. The van der Waals surface area contributed by atoms with Gasteiger partial charge in [0, 0.05) is 32.0 Å². The highest BCUT2D eigenvalue weighted by Gasteiger charge is 2.43. The number of nitrogens with zero attached hydrogens (tertiary/aromatic N) is 1. The Labute approximate surface area is 206 Å². The Morgan fingerprint density at radius 1 is 1.00 bits per heavy atom. The van der Waals surface area contributed by atoms with Crippen LogP contribution in [0.1, 0.15) is 56.6 Å². The van der Waals surface area contributed by atoms with Crippen LogP contribution in [0.3, 0.4) is 0 Å². The molecule has 4 rings (SSSR count). The number of rotatable bonds is 10. The maximum atomic E-state index is 13.3. The van der Waals surface area contributed by atoms with Gasteiger partial charge in [-0.25, -0.2) is 4.79 Å². The van der Waals surface area contributed by atoms with Crippen LogP contribution < -0.4 is 5.32 Å². The van der Waals surface area contributed by atoms with Crippen LogP contribution in [0.15, 0.2) is 48.5 Å². The van der Waals surface area contributed by atoms with Gasteiger partial charge in [0.05, 0.1) is 5.41 Å². The molecule has 0 unspecified atom stereocenters. The lowest BCUT2D eigenvalue weighted by molar-refractivity contribution is -0.149. The first-order chi connectivity index (χ1) is 16.9. The number of ether oxygens (including phenoxy) is 1. The Kier molecular flexibility index (Phi) is 7.43. The smallest absolute Gasteiger partial charge is 0.407 e. The maximum Gasteiger partial charge on any atom is 0.407 e. The molecule has 1 aliphatic heterocycles. The van der Waals surface area contributed by atoms with E-state index >= 15 is 0 Å². The number of carbonyl (C=O) groups excluding carboxylic acids is 2. The first-order valence-electron chi connectivity index (χ1n) is 12.5. The molecule has 2 aromatic rings. The van der Waals surface area contributed by atoms with Gasteiger partial charge in [-0.05, 0) is 47.4 Å². The molecule has 1 aliphatic carbocycles. The monoisotopic (exact) mass is 478 g/mol. The van der Waals surface area contributed by atoms with Gasteiger partial charge in [0.1, 0.15) is 6.61 Å². The van der Waals surface area contributed by atoms with Crippen LogP contribution >= 0.6 is 0 Å². The molecule has 2 aliphatic rings. The van der Waals surface area contributed by atoms with Crippen LogP contribution in [0, 0.1) is 11.3 Å². The summed E-state index contributed by atoms with van der Waals surface area (Å²) in [6, 6.07) is 16.4. The second-order valence-corrected chi connectivity index (χ2v) is 9.68. The van der Waals surface area contributed by atoms with Gasteiger partial charge < -0.3 is 20.1 Å². The van der Waals surface area contributed by atoms with Crippen molar-refractivity contribution in [3.63, 3.8) is 0 Å². The van der Waals surface area contributed by atoms with Gasteiger partial charge in [-0.2, -0.15) is 0 Å². The van der Waals surface area contributed by atoms with E-state index in [1.165, 1.54) is 11.1 Å². The summed E-state index contributed by atoms with van der Waals surface area (Å²) in [7, 11) is 0. The van der Waals surface area contributed by atoms with Crippen LogP contribution in [0.5, 0.6) is 0 Å². The number of carboxylic acids is 1. The molecule has 1 heterocycles. The molecule has 2 N–H and O–H groups in total. The van der Waals surface area contributed by atoms with Crippen molar-refractivity contribution in [1.82, 2.24) is 10.2 Å². The molecule has 7 heteroatoms. The van der Waals surface area contributed by atoms with Gasteiger partial charge >= 0.3 is 12.1 Å². The number of hydrogen-bond donors (Lipinski definition) is 2. The third-order valence-electron chi connectivity index (χ3n) is 7.73. The summed E-state index contributed by atoms with van der Waals surface area (Å²) in [4.78, 5) is 38.5. The summed E-state index contributed by atoms with van der Waals surface area (Å²) in [5.41, 5.74) is 3.97. The van der Waals surface area contributed by atoms with E-state index in [4.69, 9.17) is 9.84 Å². The third kappa shape index (κ3) is 5.04. The van der Waals surface area contributed by atoms with Crippen LogP contribution in [0.25, 0.3) is 11.1 Å². The Bertz CT molecular complexity index is 1040. The quantitative estimate of drug-likeness (QED) is 0.518. The van der Waals surface area contributed by atoms with Gasteiger partial charge in [-0.15, -0.1) is 0 Å². The van der Waals surface area contributed by atoms with E-state index in [2.05, 4.69) is 29.6 Å². The highest BCUT2D eigenvalue weighted by atomic mass is 16.5. The van der Waals surface area contributed by atoms with Crippen molar-refractivity contribution in [3.8, 4) is 11.1 Å². The minimum Gasteiger partial charge on any atom is -0.481 e. The van der Waals surface area contributed by atoms with Crippen molar-refractivity contribution < 1.29 is 24.2 Å². The summed E-state index contributed by atoms with van der Waals surface area (Å²) in [5.74, 6) is -0.566. The SMILES string of the molecule is CCC(CC)(CNC(=O)OCC1c2ccccc2-c2ccccc21)C(=O)N1CC(CCC(=O)O)C1. The molecule has 2 amide bonds. The van der Waals surface area contributed by atoms with Crippen LogP contribution in [-0.2, 0) is 14.3 Å². The summed E-state index contributed by atoms with van der Waals surface area (Å²) >= 11 is 0. The van der Waals surface area contributed by atoms with E-state index in [-0.39, 0.29) is 37.3 Å². The summed E-state index contributed by atoms with van der Waals surface area (Å²) in [6.07, 6.45) is 1.39. The van der Waals surface area contributed by atoms with Gasteiger partial charge in [0.15, 0.2) is 0 Å². The third-order valence-corrected chi connectivity index (χ3v) is 7.73. The largest absolute Gasteiger partial charge is 0.481 e. The minimum absolute atomic E-state index is 0.0132. The molecular formula is C28H34N2O5. The number of nitrogens with one attached hydrogen (secondary N) is 1. The van der Waals surface area contributed by atoms with Crippen molar-refractivity contribution in [1.29, 1.82) is 0 Å². The summed E-state index contributed by atoms with van der Waals surface area (Å²) in [5, 5.41) is 11.7. The number of alkyl carbamates (subject to hydrolysis) is 1. The lowest BCUT2D eigenvalue weighted by Crippen LogP contribution is -2.57. The number of carboxylic acid groups (broad SMARTS) is 1. The standard InChI is InChI=1S/C28H34N2O5/c1-3-28(4-2,26(33)30-15-19(16-30)13-14-25(31)32)18-29-27(34)35-17-24-22-11-7-5-9-20(22)21-10-6-8-12-23(21)24/h5-12,19,24H,3-4,13-18H2,1-2H3,(H,29,34)(H,31,32). The molecule has 2 aromatic carbocycles. The number of carbonyl (C=O) groups is 3. The predicted molar refractivity (Wildman–Crippen MR) is 133 cm³/mol. The molecule has 35 heavy (non-hydrogen) atoms. The maximum absolute atomic E-state index is 13.3. The average Bonchev–Trinajstić information content (AvgIpc) is 3.16. The highest BCUT2D eigenvalue weighted by Crippen LogP contribution is 2.44. The second kappa shape index (κ2) is 10.5. The van der Waals surface area contributed by atoms with Gasteiger partial charge in [0.2, 0.25) is 5.91 Å². The normalized spacial score (nSPS) is 15.2. The molecule has 186 valence electrons. The van der Waals surface area contributed by atoms with Crippen molar-refractivity contribution in [2.24, 2.45) is 11.3 Å². The number of benzene rings is 2. The van der Waals surface area contributed by atoms with Crippen LogP contribution in [-0.4, -0.2) is 54.2 Å². The average molecular weight is 479 g/mol. The summed E-state index contributed by atoms with van der Waals surface area (Å²) in [6.45, 7) is 5.53. The second-order valence-electron chi connectivity index (χ2n) is 9.68. The zero-order chi connectivity index (χ0) is 25.0. The molecule has 0 atom stereocenters. The van der Waals surface area contributed by atoms with E-state index < -0.39 is 17.5 Å². The topological polar surface area (TPSA) is 95.9 Å². The lowest BCUT2D eigenvalue weighted by Gasteiger charge is -2.45. The van der Waals surface area contributed by atoms with Gasteiger partial charge in [-0.1, -0.05) is 62.4 Å². The molecule has 1 saturated heterocycles. The first kappa shape index (κ1) is 24.8. The Morgan fingerprint density at radius 3 is 2.11 bits per heavy atom. The van der Waals surface area contributed by atoms with E-state index in [1.807, 2.05) is 38.1 Å². The number of likely N-dealkylation sites (tertiary alicyclic amines) is 1. The van der Waals surface area contributed by atoms with Gasteiger partial charge in [0.25, 0.3) is 0 Å². The fourth-order valence-electron chi connectivity index (χ4n) is 5.35. The molecule has 0 saturated carbocycles. The Morgan fingerprint density at radius 2 is 1.57 bits per heavy atom. The predicted octanol–water partition coefficient (Wildman–Crippen LogP) is 4.65. The fraction of sp³-hybridized carbons (Fsp3) is 0.464. The number of hydrogen-bond acceptors (Lipinski definition) is 4. The zero-order valence-corrected chi connectivity index (χ0v) is 20.5. The zero-order valence-electron chi connectivity index (χ0n) is 20.5. The van der Waals surface area contributed by atoms with Crippen molar-refractivity contribution in [2.45, 2.75) is 45.4 Å². The Hall–Kier alpha value is -3.35. The van der Waals surface area contributed by atoms with Crippen molar-refractivity contribution in [2.75, 3.05) is 26.2 Å². The minimum atomic E-state index is -0.807. The molecule has 0 aromatic heterocycles. The fourth-order valence-corrected chi connectivity index (χ4v) is 5.35. The number of aliphatic carboxylic acids is 1. The molecule has 0 radical (unpaired) electrons.